The number of nitrogens with zero attached hydrogens (tertiary/aromatic N) is 2. The molecule has 180 valence electrons. The Hall–Kier alpha value is -3.92. The summed E-state index contributed by atoms with van der Waals surface area (Å²) >= 11 is 6.18. The highest BCUT2D eigenvalue weighted by molar-refractivity contribution is 6.32. The zero-order valence-electron chi connectivity index (χ0n) is 17.6. The van der Waals surface area contributed by atoms with E-state index < -0.39 is 24.4 Å². The molecule has 0 aliphatic rings. The van der Waals surface area contributed by atoms with Crippen molar-refractivity contribution in [1.29, 1.82) is 0 Å². The number of benzene rings is 3. The Bertz CT molecular complexity index is 1350. The van der Waals surface area contributed by atoms with Crippen molar-refractivity contribution in [3.8, 4) is 22.7 Å². The second-order valence-electron chi connectivity index (χ2n) is 7.18. The van der Waals surface area contributed by atoms with E-state index in [-0.39, 0.29) is 33.4 Å². The van der Waals surface area contributed by atoms with Gasteiger partial charge in [0.15, 0.2) is 5.69 Å². The van der Waals surface area contributed by atoms with Crippen LogP contribution in [-0.4, -0.2) is 22.3 Å². The number of carbonyl (C=O) groups excluding carboxylic acids is 1. The first-order valence-corrected chi connectivity index (χ1v) is 10.4. The molecule has 0 bridgehead atoms. The van der Waals surface area contributed by atoms with E-state index >= 15 is 0 Å². The van der Waals surface area contributed by atoms with E-state index in [0.717, 1.165) is 10.7 Å². The maximum Gasteiger partial charge on any atom is 0.435 e. The second kappa shape index (κ2) is 9.75. The highest BCUT2D eigenvalue weighted by Crippen LogP contribution is 2.35. The molecule has 1 N–H and O–H groups in total. The van der Waals surface area contributed by atoms with Gasteiger partial charge in [0, 0.05) is 11.1 Å². The van der Waals surface area contributed by atoms with Crippen LogP contribution in [-0.2, 0) is 6.18 Å². The molecule has 0 saturated heterocycles. The summed E-state index contributed by atoms with van der Waals surface area (Å²) in [7, 11) is 0. The number of halogens is 6. The fourth-order valence-electron chi connectivity index (χ4n) is 3.29. The second-order valence-corrected chi connectivity index (χ2v) is 7.59. The van der Waals surface area contributed by atoms with Gasteiger partial charge in [-0.25, -0.2) is 4.68 Å². The Morgan fingerprint density at radius 2 is 1.63 bits per heavy atom. The van der Waals surface area contributed by atoms with Gasteiger partial charge in [-0.05, 0) is 42.5 Å². The third kappa shape index (κ3) is 5.43. The van der Waals surface area contributed by atoms with Crippen molar-refractivity contribution in [1.82, 2.24) is 9.78 Å². The quantitative estimate of drug-likeness (QED) is 0.284. The molecule has 5 nitrogen and oxygen atoms in total. The Kier molecular flexibility index (Phi) is 6.74. The first-order chi connectivity index (χ1) is 16.6. The van der Waals surface area contributed by atoms with Crippen molar-refractivity contribution in [2.24, 2.45) is 0 Å². The summed E-state index contributed by atoms with van der Waals surface area (Å²) in [6.07, 6.45) is -4.69. The summed E-state index contributed by atoms with van der Waals surface area (Å²) < 4.78 is 70.8. The number of hydrogen-bond acceptors (Lipinski definition) is 3. The number of alkyl halides is 5. The topological polar surface area (TPSA) is 56.1 Å². The van der Waals surface area contributed by atoms with Gasteiger partial charge in [-0.1, -0.05) is 48.0 Å². The van der Waals surface area contributed by atoms with E-state index in [1.165, 1.54) is 60.7 Å². The predicted octanol–water partition coefficient (Wildman–Crippen LogP) is 7.07. The van der Waals surface area contributed by atoms with Crippen LogP contribution in [0.3, 0.4) is 0 Å². The molecule has 35 heavy (non-hydrogen) atoms. The molecular formula is C24H15ClF5N3O2. The average Bonchev–Trinajstić information content (AvgIpc) is 3.26. The predicted molar refractivity (Wildman–Crippen MR) is 120 cm³/mol. The van der Waals surface area contributed by atoms with Crippen LogP contribution in [0.2, 0.25) is 5.02 Å². The molecule has 3 aromatic carbocycles. The first kappa shape index (κ1) is 24.2. The van der Waals surface area contributed by atoms with Gasteiger partial charge >= 0.3 is 12.8 Å². The highest BCUT2D eigenvalue weighted by atomic mass is 35.5. The van der Waals surface area contributed by atoms with Crippen molar-refractivity contribution in [2.45, 2.75) is 12.8 Å². The molecule has 0 saturated carbocycles. The average molecular weight is 508 g/mol. The molecule has 1 heterocycles. The van der Waals surface area contributed by atoms with Crippen molar-refractivity contribution < 1.29 is 31.5 Å². The molecule has 0 atom stereocenters. The summed E-state index contributed by atoms with van der Waals surface area (Å²) in [6, 6.07) is 18.5. The molecule has 0 aliphatic heterocycles. The van der Waals surface area contributed by atoms with Crippen LogP contribution < -0.4 is 10.1 Å². The maximum absolute atomic E-state index is 13.4. The highest BCUT2D eigenvalue weighted by Gasteiger charge is 2.35. The normalized spacial score (nSPS) is 11.5. The molecule has 0 fully saturated rings. The lowest BCUT2D eigenvalue weighted by Gasteiger charge is -2.12. The standard InChI is InChI=1S/C24H15ClF5N3O2/c25-16-5-1-3-7-18(16)33-19(13-21(32-33)24(28,29)30)14-9-11-15(12-10-14)22(34)31-17-6-2-4-8-20(17)35-23(26)27/h1-13,23H,(H,31,34). The zero-order chi connectivity index (χ0) is 25.2. The molecule has 11 heteroatoms. The maximum atomic E-state index is 13.4. The lowest BCUT2D eigenvalue weighted by molar-refractivity contribution is -0.141. The van der Waals surface area contributed by atoms with Crippen LogP contribution in [0.1, 0.15) is 16.1 Å². The summed E-state index contributed by atoms with van der Waals surface area (Å²) in [5, 5.41) is 6.37. The number of carbonyl (C=O) groups is 1. The number of aromatic nitrogens is 2. The van der Waals surface area contributed by atoms with Crippen molar-refractivity contribution in [3.05, 3.63) is 95.1 Å². The lowest BCUT2D eigenvalue weighted by Crippen LogP contribution is -2.13. The van der Waals surface area contributed by atoms with Gasteiger partial charge in [0.2, 0.25) is 0 Å². The fraction of sp³-hybridized carbons (Fsp3) is 0.0833. The molecule has 1 aromatic heterocycles. The number of hydrogen-bond donors (Lipinski definition) is 1. The van der Waals surface area contributed by atoms with E-state index in [0.29, 0.717) is 5.56 Å². The van der Waals surface area contributed by atoms with Gasteiger partial charge in [-0.2, -0.15) is 27.1 Å². The van der Waals surface area contributed by atoms with Crippen molar-refractivity contribution in [3.63, 3.8) is 0 Å². The van der Waals surface area contributed by atoms with Crippen LogP contribution in [0.25, 0.3) is 16.9 Å². The van der Waals surface area contributed by atoms with Crippen molar-refractivity contribution >= 4 is 23.2 Å². The van der Waals surface area contributed by atoms with Gasteiger partial charge < -0.3 is 10.1 Å². The van der Waals surface area contributed by atoms with E-state index in [1.54, 1.807) is 12.1 Å². The summed E-state index contributed by atoms with van der Waals surface area (Å²) in [4.78, 5) is 12.6. The van der Waals surface area contributed by atoms with Gasteiger partial charge in [0.25, 0.3) is 5.91 Å². The molecule has 0 spiro atoms. The monoisotopic (exact) mass is 507 g/mol. The Morgan fingerprint density at radius 1 is 0.971 bits per heavy atom. The number of rotatable bonds is 6. The number of para-hydroxylation sites is 3. The first-order valence-electron chi connectivity index (χ1n) is 10.0. The third-order valence-electron chi connectivity index (χ3n) is 4.87. The molecule has 1 amide bonds. The number of ether oxygens (including phenoxy) is 1. The van der Waals surface area contributed by atoms with Gasteiger partial charge in [-0.3, -0.25) is 4.79 Å². The minimum atomic E-state index is -4.69. The van der Waals surface area contributed by atoms with Crippen LogP contribution in [0.4, 0.5) is 27.6 Å². The van der Waals surface area contributed by atoms with Gasteiger partial charge in [0.05, 0.1) is 22.1 Å². The van der Waals surface area contributed by atoms with E-state index in [1.807, 2.05) is 0 Å². The van der Waals surface area contributed by atoms with Gasteiger partial charge in [0.1, 0.15) is 5.75 Å². The fourth-order valence-corrected chi connectivity index (χ4v) is 3.50. The van der Waals surface area contributed by atoms with Crippen molar-refractivity contribution in [2.75, 3.05) is 5.32 Å². The van der Waals surface area contributed by atoms with Crippen LogP contribution >= 0.6 is 11.6 Å². The zero-order valence-corrected chi connectivity index (χ0v) is 18.3. The number of anilines is 1. The number of nitrogens with one attached hydrogen (secondary N) is 1. The minimum Gasteiger partial charge on any atom is -0.433 e. The Balaban J connectivity index is 1.65. The molecule has 4 aromatic rings. The SMILES string of the molecule is O=C(Nc1ccccc1OC(F)F)c1ccc(-c2cc(C(F)(F)F)nn2-c2ccccc2Cl)cc1. The lowest BCUT2D eigenvalue weighted by atomic mass is 10.1. The number of amides is 1. The minimum absolute atomic E-state index is 0.0356. The third-order valence-corrected chi connectivity index (χ3v) is 5.19. The molecular weight excluding hydrogens is 493 g/mol. The van der Waals surface area contributed by atoms with E-state index in [9.17, 15) is 26.7 Å². The molecule has 4 rings (SSSR count). The van der Waals surface area contributed by atoms with Crippen LogP contribution in [0.15, 0.2) is 78.9 Å². The smallest absolute Gasteiger partial charge is 0.433 e. The molecule has 0 aliphatic carbocycles. The van der Waals surface area contributed by atoms with E-state index in [4.69, 9.17) is 11.6 Å². The summed E-state index contributed by atoms with van der Waals surface area (Å²) in [6.45, 7) is -3.07. The largest absolute Gasteiger partial charge is 0.435 e. The Morgan fingerprint density at radius 3 is 2.29 bits per heavy atom. The van der Waals surface area contributed by atoms with Crippen LogP contribution in [0.5, 0.6) is 5.75 Å². The van der Waals surface area contributed by atoms with Crippen LogP contribution in [0, 0.1) is 0 Å². The van der Waals surface area contributed by atoms with Gasteiger partial charge in [-0.15, -0.1) is 0 Å². The summed E-state index contributed by atoms with van der Waals surface area (Å²) in [5.74, 6) is -0.840. The summed E-state index contributed by atoms with van der Waals surface area (Å²) in [5.41, 5.74) is -0.241. The molecule has 0 unspecified atom stereocenters. The van der Waals surface area contributed by atoms with E-state index in [2.05, 4.69) is 15.2 Å². The molecule has 0 radical (unpaired) electrons. The Labute approximate surface area is 200 Å².